The molecule has 0 saturated carbocycles. The number of benzene rings is 1. The van der Waals surface area contributed by atoms with Crippen molar-refractivity contribution in [1.82, 2.24) is 5.32 Å². The Hall–Kier alpha value is -1.10. The van der Waals surface area contributed by atoms with Gasteiger partial charge in [-0.3, -0.25) is 0 Å². The zero-order chi connectivity index (χ0) is 13.5. The average molecular weight is 253 g/mol. The molecule has 0 fully saturated rings. The predicted molar refractivity (Wildman–Crippen MR) is 72.0 cm³/mol. The molecule has 1 aromatic carbocycles. The van der Waals surface area contributed by atoms with Crippen molar-refractivity contribution in [3.63, 3.8) is 0 Å². The molecule has 0 heterocycles. The molecule has 1 rings (SSSR count). The van der Waals surface area contributed by atoms with E-state index >= 15 is 0 Å². The first kappa shape index (κ1) is 15.0. The zero-order valence-electron chi connectivity index (χ0n) is 11.6. The van der Waals surface area contributed by atoms with Crippen LogP contribution in [0.5, 0.6) is 5.75 Å². The Kier molecular flexibility index (Phi) is 6.12. The second-order valence-electron chi connectivity index (χ2n) is 4.46. The van der Waals surface area contributed by atoms with E-state index in [2.05, 4.69) is 18.3 Å². The summed E-state index contributed by atoms with van der Waals surface area (Å²) < 4.78 is 10.4. The highest BCUT2D eigenvalue weighted by atomic mass is 16.5. The smallest absolute Gasteiger partial charge is 0.122 e. The Morgan fingerprint density at radius 2 is 2.06 bits per heavy atom. The summed E-state index contributed by atoms with van der Waals surface area (Å²) in [6.45, 7) is 4.64. The molecule has 0 spiro atoms. The van der Waals surface area contributed by atoms with Crippen LogP contribution in [0, 0.1) is 6.92 Å². The van der Waals surface area contributed by atoms with Crippen LogP contribution in [0.1, 0.15) is 24.1 Å². The maximum atomic E-state index is 9.52. The highest BCUT2D eigenvalue weighted by Gasteiger charge is 2.08. The fourth-order valence-corrected chi connectivity index (χ4v) is 1.70. The van der Waals surface area contributed by atoms with E-state index in [1.807, 2.05) is 26.1 Å². The van der Waals surface area contributed by atoms with E-state index < -0.39 is 6.10 Å². The van der Waals surface area contributed by atoms with Gasteiger partial charge in [0.15, 0.2) is 0 Å². The third-order valence-corrected chi connectivity index (χ3v) is 2.92. The number of ether oxygens (including phenoxy) is 2. The molecule has 18 heavy (non-hydrogen) atoms. The number of nitrogens with one attached hydrogen (secondary N) is 1. The topological polar surface area (TPSA) is 50.7 Å². The molecule has 1 aromatic rings. The minimum Gasteiger partial charge on any atom is -0.491 e. The first-order chi connectivity index (χ1) is 8.58. The summed E-state index contributed by atoms with van der Waals surface area (Å²) in [7, 11) is 3.49. The zero-order valence-corrected chi connectivity index (χ0v) is 11.6. The number of methoxy groups -OCH3 is 1. The lowest BCUT2D eigenvalue weighted by atomic mass is 10.1. The third kappa shape index (κ3) is 4.29. The fraction of sp³-hybridized carbons (Fsp3) is 0.571. The van der Waals surface area contributed by atoms with Crippen LogP contribution in [-0.2, 0) is 4.74 Å². The lowest BCUT2D eigenvalue weighted by Gasteiger charge is -2.16. The van der Waals surface area contributed by atoms with Crippen molar-refractivity contribution in [3.8, 4) is 5.75 Å². The van der Waals surface area contributed by atoms with Crippen LogP contribution < -0.4 is 10.1 Å². The van der Waals surface area contributed by atoms with Crippen molar-refractivity contribution in [1.29, 1.82) is 0 Å². The average Bonchev–Trinajstić information content (AvgIpc) is 2.36. The summed E-state index contributed by atoms with van der Waals surface area (Å²) in [6.07, 6.45) is -0.592. The number of hydrogen-bond acceptors (Lipinski definition) is 4. The lowest BCUT2D eigenvalue weighted by Crippen LogP contribution is -2.22. The summed E-state index contributed by atoms with van der Waals surface area (Å²) in [6, 6.07) is 6.39. The third-order valence-electron chi connectivity index (χ3n) is 2.92. The van der Waals surface area contributed by atoms with E-state index in [4.69, 9.17) is 9.47 Å². The highest BCUT2D eigenvalue weighted by Crippen LogP contribution is 2.22. The second-order valence-corrected chi connectivity index (χ2v) is 4.46. The van der Waals surface area contributed by atoms with Gasteiger partial charge < -0.3 is 19.9 Å². The van der Waals surface area contributed by atoms with E-state index in [0.29, 0.717) is 6.04 Å². The van der Waals surface area contributed by atoms with Crippen molar-refractivity contribution in [2.24, 2.45) is 0 Å². The maximum Gasteiger partial charge on any atom is 0.122 e. The van der Waals surface area contributed by atoms with Gasteiger partial charge >= 0.3 is 0 Å². The maximum absolute atomic E-state index is 9.52. The van der Waals surface area contributed by atoms with Gasteiger partial charge in [0.1, 0.15) is 18.5 Å². The Labute approximate surface area is 109 Å². The Morgan fingerprint density at radius 3 is 2.61 bits per heavy atom. The molecule has 2 N–H and O–H groups in total. The largest absolute Gasteiger partial charge is 0.491 e. The van der Waals surface area contributed by atoms with Gasteiger partial charge in [-0.05, 0) is 38.1 Å². The molecule has 0 aliphatic rings. The number of aliphatic hydroxyl groups is 1. The number of aliphatic hydroxyl groups excluding tert-OH is 1. The van der Waals surface area contributed by atoms with Gasteiger partial charge in [0.05, 0.1) is 6.61 Å². The SMILES string of the molecule is CNC(C)c1ccc(OCC(O)COC)c(C)c1. The molecule has 0 aliphatic carbocycles. The molecule has 4 heteroatoms. The van der Waals surface area contributed by atoms with Crippen LogP contribution in [0.4, 0.5) is 0 Å². The van der Waals surface area contributed by atoms with E-state index in [1.54, 1.807) is 7.11 Å². The molecule has 0 amide bonds. The molecule has 2 atom stereocenters. The summed E-state index contributed by atoms with van der Waals surface area (Å²) in [5, 5.41) is 12.7. The van der Waals surface area contributed by atoms with Gasteiger partial charge in [0.2, 0.25) is 0 Å². The van der Waals surface area contributed by atoms with Crippen molar-refractivity contribution < 1.29 is 14.6 Å². The standard InChI is InChI=1S/C14H23NO3/c1-10-7-12(11(2)15-3)5-6-14(10)18-9-13(16)8-17-4/h5-7,11,13,15-16H,8-9H2,1-4H3. The van der Waals surface area contributed by atoms with Crippen molar-refractivity contribution >= 4 is 0 Å². The number of hydrogen-bond donors (Lipinski definition) is 2. The second kappa shape index (κ2) is 7.36. The van der Waals surface area contributed by atoms with Crippen LogP contribution >= 0.6 is 0 Å². The molecule has 102 valence electrons. The van der Waals surface area contributed by atoms with Crippen molar-refractivity contribution in [3.05, 3.63) is 29.3 Å². The molecule has 2 unspecified atom stereocenters. The Balaban J connectivity index is 2.62. The minimum atomic E-state index is -0.592. The summed E-state index contributed by atoms with van der Waals surface area (Å²) in [5.74, 6) is 0.803. The van der Waals surface area contributed by atoms with Gasteiger partial charge in [0, 0.05) is 13.2 Å². The Bertz CT molecular complexity index is 368. The highest BCUT2D eigenvalue weighted by molar-refractivity contribution is 5.37. The van der Waals surface area contributed by atoms with Crippen molar-refractivity contribution in [2.45, 2.75) is 26.0 Å². The normalized spacial score (nSPS) is 14.3. The number of rotatable bonds is 7. The predicted octanol–water partition coefficient (Wildman–Crippen LogP) is 1.66. The monoisotopic (exact) mass is 253 g/mol. The fourth-order valence-electron chi connectivity index (χ4n) is 1.70. The lowest BCUT2D eigenvalue weighted by molar-refractivity contribution is 0.0324. The van der Waals surface area contributed by atoms with Gasteiger partial charge in [-0.25, -0.2) is 0 Å². The molecular weight excluding hydrogens is 230 g/mol. The van der Waals surface area contributed by atoms with E-state index in [0.717, 1.165) is 11.3 Å². The van der Waals surface area contributed by atoms with Crippen molar-refractivity contribution in [2.75, 3.05) is 27.4 Å². The van der Waals surface area contributed by atoms with Gasteiger partial charge in [0.25, 0.3) is 0 Å². The molecule has 0 saturated heterocycles. The van der Waals surface area contributed by atoms with E-state index in [-0.39, 0.29) is 13.2 Å². The number of aryl methyl sites for hydroxylation is 1. The molecule has 0 aliphatic heterocycles. The van der Waals surface area contributed by atoms with Crippen LogP contribution in [0.25, 0.3) is 0 Å². The molecule has 4 nitrogen and oxygen atoms in total. The van der Waals surface area contributed by atoms with E-state index in [1.165, 1.54) is 5.56 Å². The first-order valence-corrected chi connectivity index (χ1v) is 6.16. The van der Waals surface area contributed by atoms with E-state index in [9.17, 15) is 5.11 Å². The van der Waals surface area contributed by atoms with Crippen LogP contribution in [-0.4, -0.2) is 38.6 Å². The molecular formula is C14H23NO3. The summed E-state index contributed by atoms with van der Waals surface area (Å²) >= 11 is 0. The van der Waals surface area contributed by atoms with Gasteiger partial charge in [-0.15, -0.1) is 0 Å². The summed E-state index contributed by atoms with van der Waals surface area (Å²) in [5.41, 5.74) is 2.29. The molecule has 0 radical (unpaired) electrons. The van der Waals surface area contributed by atoms with Crippen LogP contribution in [0.2, 0.25) is 0 Å². The van der Waals surface area contributed by atoms with Gasteiger partial charge in [-0.1, -0.05) is 12.1 Å². The first-order valence-electron chi connectivity index (χ1n) is 6.16. The van der Waals surface area contributed by atoms with Gasteiger partial charge in [-0.2, -0.15) is 0 Å². The quantitative estimate of drug-likeness (QED) is 0.776. The molecule has 0 bridgehead atoms. The Morgan fingerprint density at radius 1 is 1.33 bits per heavy atom. The van der Waals surface area contributed by atoms with Crippen LogP contribution in [0.3, 0.4) is 0 Å². The molecule has 0 aromatic heterocycles. The minimum absolute atomic E-state index is 0.246. The van der Waals surface area contributed by atoms with Crippen LogP contribution in [0.15, 0.2) is 18.2 Å². The summed E-state index contributed by atoms with van der Waals surface area (Å²) in [4.78, 5) is 0.